The van der Waals surface area contributed by atoms with Crippen LogP contribution in [0.25, 0.3) is 0 Å². The Morgan fingerprint density at radius 3 is 2.65 bits per heavy atom. The third-order valence-electron chi connectivity index (χ3n) is 3.12. The quantitative estimate of drug-likeness (QED) is 0.807. The summed E-state index contributed by atoms with van der Waals surface area (Å²) in [6, 6.07) is 0. The van der Waals surface area contributed by atoms with Gasteiger partial charge >= 0.3 is 0 Å². The molecule has 5 nitrogen and oxygen atoms in total. The van der Waals surface area contributed by atoms with E-state index in [1.165, 1.54) is 0 Å². The average molecular weight is 239 g/mol. The molecule has 1 aliphatic rings. The summed E-state index contributed by atoms with van der Waals surface area (Å²) in [6.07, 6.45) is 1.61. The number of nitrogens with zero attached hydrogens (tertiary/aromatic N) is 2. The molecule has 2 atom stereocenters. The lowest BCUT2D eigenvalue weighted by Crippen LogP contribution is -2.45. The highest BCUT2D eigenvalue weighted by molar-refractivity contribution is 5.08. The van der Waals surface area contributed by atoms with Crippen molar-refractivity contribution in [2.75, 3.05) is 6.61 Å². The molecule has 0 spiro atoms. The molecular formula is C12H21N3O2. The molecule has 96 valence electrons. The average Bonchev–Trinajstić information content (AvgIpc) is 2.65. The zero-order valence-electron chi connectivity index (χ0n) is 11.0. The fourth-order valence-electron chi connectivity index (χ4n) is 2.05. The van der Waals surface area contributed by atoms with Crippen LogP contribution in [0.4, 0.5) is 0 Å². The van der Waals surface area contributed by atoms with Gasteiger partial charge in [-0.05, 0) is 19.8 Å². The van der Waals surface area contributed by atoms with Crippen LogP contribution in [0.5, 0.6) is 0 Å². The summed E-state index contributed by atoms with van der Waals surface area (Å²) in [5, 5.41) is 4.05. The lowest BCUT2D eigenvalue weighted by atomic mass is 9.87. The maximum absolute atomic E-state index is 6.36. The van der Waals surface area contributed by atoms with Gasteiger partial charge in [0.2, 0.25) is 5.89 Å². The first-order valence-corrected chi connectivity index (χ1v) is 6.06. The van der Waals surface area contributed by atoms with Crippen LogP contribution in [0, 0.1) is 0 Å². The molecule has 2 rings (SSSR count). The van der Waals surface area contributed by atoms with Crippen LogP contribution in [0.15, 0.2) is 4.52 Å². The van der Waals surface area contributed by atoms with E-state index in [0.717, 1.165) is 12.8 Å². The van der Waals surface area contributed by atoms with E-state index in [4.69, 9.17) is 15.0 Å². The molecule has 1 saturated heterocycles. The second-order valence-electron chi connectivity index (χ2n) is 5.96. The van der Waals surface area contributed by atoms with Crippen molar-refractivity contribution in [3.8, 4) is 0 Å². The predicted octanol–water partition coefficient (Wildman–Crippen LogP) is 1.72. The third-order valence-corrected chi connectivity index (χ3v) is 3.12. The molecule has 0 amide bonds. The zero-order valence-corrected chi connectivity index (χ0v) is 11.0. The van der Waals surface area contributed by atoms with Crippen LogP contribution < -0.4 is 5.73 Å². The minimum Gasteiger partial charge on any atom is -0.378 e. The maximum Gasteiger partial charge on any atom is 0.232 e. The van der Waals surface area contributed by atoms with Gasteiger partial charge in [0.25, 0.3) is 0 Å². The van der Waals surface area contributed by atoms with Gasteiger partial charge < -0.3 is 15.0 Å². The summed E-state index contributed by atoms with van der Waals surface area (Å²) in [5.41, 5.74) is 5.71. The summed E-state index contributed by atoms with van der Waals surface area (Å²) in [6.45, 7) is 8.79. The molecule has 2 N–H and O–H groups in total. The highest BCUT2D eigenvalue weighted by atomic mass is 16.5. The summed E-state index contributed by atoms with van der Waals surface area (Å²) in [4.78, 5) is 4.45. The molecule has 0 bridgehead atoms. The van der Waals surface area contributed by atoms with Gasteiger partial charge in [-0.1, -0.05) is 25.9 Å². The van der Waals surface area contributed by atoms with Crippen LogP contribution in [0.2, 0.25) is 0 Å². The Balaban J connectivity index is 2.24. The number of ether oxygens (including phenoxy) is 1. The monoisotopic (exact) mass is 239 g/mol. The van der Waals surface area contributed by atoms with E-state index in [1.54, 1.807) is 0 Å². The standard InChI is InChI=1S/C12H21N3O2/c1-8-7-12(13,5-6-16-8)9-14-10(17-15-9)11(2,3)4/h8H,5-7,13H2,1-4H3. The molecule has 0 radical (unpaired) electrons. The molecule has 0 aromatic carbocycles. The van der Waals surface area contributed by atoms with Crippen molar-refractivity contribution in [3.63, 3.8) is 0 Å². The van der Waals surface area contributed by atoms with Crippen LogP contribution in [0.3, 0.4) is 0 Å². The zero-order chi connectivity index (χ0) is 12.7. The Morgan fingerprint density at radius 2 is 2.12 bits per heavy atom. The lowest BCUT2D eigenvalue weighted by molar-refractivity contribution is -0.0117. The fourth-order valence-corrected chi connectivity index (χ4v) is 2.05. The topological polar surface area (TPSA) is 74.2 Å². The van der Waals surface area contributed by atoms with Gasteiger partial charge in [0.15, 0.2) is 5.82 Å². The highest BCUT2D eigenvalue weighted by Gasteiger charge is 2.38. The summed E-state index contributed by atoms with van der Waals surface area (Å²) >= 11 is 0. The first-order valence-electron chi connectivity index (χ1n) is 6.06. The van der Waals surface area contributed by atoms with Crippen molar-refractivity contribution in [2.24, 2.45) is 5.73 Å². The number of hydrogen-bond acceptors (Lipinski definition) is 5. The summed E-state index contributed by atoms with van der Waals surface area (Å²) in [7, 11) is 0. The molecule has 1 aromatic rings. The normalized spacial score (nSPS) is 30.5. The number of rotatable bonds is 1. The molecule has 17 heavy (non-hydrogen) atoms. The van der Waals surface area contributed by atoms with Crippen LogP contribution in [-0.4, -0.2) is 22.9 Å². The number of hydrogen-bond donors (Lipinski definition) is 1. The van der Waals surface area contributed by atoms with Crippen molar-refractivity contribution in [1.82, 2.24) is 10.1 Å². The van der Waals surface area contributed by atoms with E-state index in [9.17, 15) is 0 Å². The molecule has 0 aliphatic carbocycles. The second-order valence-corrected chi connectivity index (χ2v) is 5.96. The Hall–Kier alpha value is -0.940. The van der Waals surface area contributed by atoms with Gasteiger partial charge in [-0.3, -0.25) is 0 Å². The summed E-state index contributed by atoms with van der Waals surface area (Å²) in [5.74, 6) is 1.24. The Bertz CT molecular complexity index is 397. The van der Waals surface area contributed by atoms with Crippen LogP contribution >= 0.6 is 0 Å². The van der Waals surface area contributed by atoms with E-state index in [-0.39, 0.29) is 11.5 Å². The van der Waals surface area contributed by atoms with Crippen LogP contribution in [-0.2, 0) is 15.7 Å². The Labute approximate surface area is 102 Å². The lowest BCUT2D eigenvalue weighted by Gasteiger charge is -2.34. The number of aromatic nitrogens is 2. The largest absolute Gasteiger partial charge is 0.378 e. The van der Waals surface area contributed by atoms with Crippen molar-refractivity contribution >= 4 is 0 Å². The Kier molecular flexibility index (Phi) is 2.99. The minimum absolute atomic E-state index is 0.140. The van der Waals surface area contributed by atoms with Gasteiger partial charge in [0, 0.05) is 12.0 Å². The summed E-state index contributed by atoms with van der Waals surface area (Å²) < 4.78 is 10.8. The van der Waals surface area contributed by atoms with Gasteiger partial charge in [-0.25, -0.2) is 0 Å². The minimum atomic E-state index is -0.509. The second kappa shape index (κ2) is 4.07. The highest BCUT2D eigenvalue weighted by Crippen LogP contribution is 2.31. The van der Waals surface area contributed by atoms with Crippen molar-refractivity contribution in [2.45, 2.75) is 57.6 Å². The third kappa shape index (κ3) is 2.50. The molecule has 2 unspecified atom stereocenters. The van der Waals surface area contributed by atoms with E-state index < -0.39 is 5.54 Å². The smallest absolute Gasteiger partial charge is 0.232 e. The van der Waals surface area contributed by atoms with E-state index in [0.29, 0.717) is 18.3 Å². The van der Waals surface area contributed by atoms with Gasteiger partial charge in [0.05, 0.1) is 11.6 Å². The predicted molar refractivity (Wildman–Crippen MR) is 63.5 cm³/mol. The first kappa shape index (κ1) is 12.5. The van der Waals surface area contributed by atoms with Crippen LogP contribution in [0.1, 0.15) is 52.3 Å². The molecule has 1 aromatic heterocycles. The van der Waals surface area contributed by atoms with Gasteiger partial charge in [-0.2, -0.15) is 4.98 Å². The van der Waals surface area contributed by atoms with Crippen molar-refractivity contribution < 1.29 is 9.26 Å². The van der Waals surface area contributed by atoms with Gasteiger partial charge in [-0.15, -0.1) is 0 Å². The molecule has 1 aliphatic heterocycles. The Morgan fingerprint density at radius 1 is 1.41 bits per heavy atom. The molecule has 2 heterocycles. The molecule has 5 heteroatoms. The molecule has 1 fully saturated rings. The van der Waals surface area contributed by atoms with Crippen molar-refractivity contribution in [1.29, 1.82) is 0 Å². The van der Waals surface area contributed by atoms with Gasteiger partial charge in [0.1, 0.15) is 0 Å². The molecular weight excluding hydrogens is 218 g/mol. The van der Waals surface area contributed by atoms with E-state index in [2.05, 4.69) is 10.1 Å². The number of nitrogens with two attached hydrogens (primary N) is 1. The fraction of sp³-hybridized carbons (Fsp3) is 0.833. The van der Waals surface area contributed by atoms with Crippen molar-refractivity contribution in [3.05, 3.63) is 11.7 Å². The van der Waals surface area contributed by atoms with E-state index >= 15 is 0 Å². The maximum atomic E-state index is 6.36. The first-order chi connectivity index (χ1) is 7.81. The van der Waals surface area contributed by atoms with E-state index in [1.807, 2.05) is 27.7 Å². The molecule has 0 saturated carbocycles. The SMILES string of the molecule is CC1CC(N)(c2noc(C(C)(C)C)n2)CCO1.